The van der Waals surface area contributed by atoms with E-state index < -0.39 is 6.10 Å². The van der Waals surface area contributed by atoms with Gasteiger partial charge < -0.3 is 15.3 Å². The van der Waals surface area contributed by atoms with Gasteiger partial charge in [0.15, 0.2) is 0 Å². The summed E-state index contributed by atoms with van der Waals surface area (Å²) in [4.78, 5) is 30.2. The molecule has 1 aliphatic heterocycles. The zero-order valence-corrected chi connectivity index (χ0v) is 22.8. The number of nitrogens with one attached hydrogen (secondary N) is 1. The molecule has 1 fully saturated rings. The summed E-state index contributed by atoms with van der Waals surface area (Å²) in [7, 11) is 0. The molecule has 0 spiro atoms. The molecular weight excluding hydrogens is 535 g/mol. The van der Waals surface area contributed by atoms with Crippen molar-refractivity contribution in [1.29, 1.82) is 5.26 Å². The van der Waals surface area contributed by atoms with E-state index in [0.29, 0.717) is 53.6 Å². The van der Waals surface area contributed by atoms with Crippen molar-refractivity contribution >= 4 is 40.7 Å². The summed E-state index contributed by atoms with van der Waals surface area (Å²) in [5.74, 6) is -0.490. The van der Waals surface area contributed by atoms with Crippen LogP contribution in [-0.2, 0) is 22.4 Å². The summed E-state index contributed by atoms with van der Waals surface area (Å²) in [6, 6.07) is 20.5. The molecule has 200 valence electrons. The van der Waals surface area contributed by atoms with Gasteiger partial charge in [0.05, 0.1) is 24.3 Å². The third-order valence-corrected chi connectivity index (χ3v) is 7.71. The first-order chi connectivity index (χ1) is 18.8. The second kappa shape index (κ2) is 11.8. The highest BCUT2D eigenvalue weighted by Gasteiger charge is 2.33. The van der Waals surface area contributed by atoms with E-state index in [1.54, 1.807) is 29.2 Å². The highest BCUT2D eigenvalue weighted by atomic mass is 35.5. The maximum atomic E-state index is 13.5. The molecular formula is C30H28Cl2N4O3. The Morgan fingerprint density at radius 1 is 1.03 bits per heavy atom. The van der Waals surface area contributed by atoms with Crippen LogP contribution in [0.15, 0.2) is 60.7 Å². The second-order valence-corrected chi connectivity index (χ2v) is 11.0. The number of nitrogens with zero attached hydrogens (tertiary/aromatic N) is 3. The summed E-state index contributed by atoms with van der Waals surface area (Å²) in [6.45, 7) is 1.12. The van der Waals surface area contributed by atoms with Crippen molar-refractivity contribution < 1.29 is 14.7 Å². The number of hydrogen-bond acceptors (Lipinski definition) is 5. The first-order valence-corrected chi connectivity index (χ1v) is 13.6. The van der Waals surface area contributed by atoms with Gasteiger partial charge in [0, 0.05) is 34.9 Å². The first kappa shape index (κ1) is 27.2. The van der Waals surface area contributed by atoms with Crippen LogP contribution in [-0.4, -0.2) is 65.0 Å². The number of benzene rings is 3. The molecule has 39 heavy (non-hydrogen) atoms. The van der Waals surface area contributed by atoms with E-state index in [1.807, 2.05) is 29.2 Å². The van der Waals surface area contributed by atoms with Crippen molar-refractivity contribution in [2.45, 2.75) is 31.4 Å². The second-order valence-electron chi connectivity index (χ2n) is 10.1. The Morgan fingerprint density at radius 2 is 1.77 bits per heavy atom. The number of nitriles is 1. The minimum atomic E-state index is -0.434. The maximum Gasteiger partial charge on any atom is 0.244 e. The number of anilines is 1. The van der Waals surface area contributed by atoms with Crippen LogP contribution in [0.4, 0.5) is 5.69 Å². The van der Waals surface area contributed by atoms with Crippen LogP contribution in [0.5, 0.6) is 0 Å². The van der Waals surface area contributed by atoms with Crippen LogP contribution in [0.2, 0.25) is 10.0 Å². The minimum Gasteiger partial charge on any atom is -0.392 e. The number of aliphatic hydroxyl groups is 1. The number of β-amino-alcohol motifs (C(OH)–C–C–N with tert-alkyl or cyclic N) is 1. The van der Waals surface area contributed by atoms with Gasteiger partial charge in [0.2, 0.25) is 11.8 Å². The highest BCUT2D eigenvalue weighted by Crippen LogP contribution is 2.31. The molecule has 1 unspecified atom stereocenters. The van der Waals surface area contributed by atoms with Gasteiger partial charge in [-0.2, -0.15) is 5.26 Å². The van der Waals surface area contributed by atoms with Gasteiger partial charge in [-0.3, -0.25) is 14.5 Å². The Morgan fingerprint density at radius 3 is 2.49 bits per heavy atom. The third-order valence-electron chi connectivity index (χ3n) is 7.27. The van der Waals surface area contributed by atoms with Gasteiger partial charge in [-0.15, -0.1) is 0 Å². The molecule has 3 aromatic rings. The monoisotopic (exact) mass is 562 g/mol. The maximum absolute atomic E-state index is 13.5. The van der Waals surface area contributed by atoms with Gasteiger partial charge in [0.1, 0.15) is 6.54 Å². The SMILES string of the molecule is N#Cc1cccc(-c2ccc3c(c2)CC(N(CC(=O)Nc2cc(Cl)cc(Cl)c2)C(=O)CN2CC[C@H](O)C2)C3)c1. The Labute approximate surface area is 237 Å². The van der Waals surface area contributed by atoms with Crippen LogP contribution in [0, 0.1) is 11.3 Å². The number of rotatable bonds is 7. The van der Waals surface area contributed by atoms with E-state index >= 15 is 0 Å². The average Bonchev–Trinajstić information content (AvgIpc) is 3.51. The standard InChI is InChI=1S/C30H28Cl2N4O3/c31-24-12-25(32)14-26(13-24)34-29(38)17-36(30(39)18-35-7-6-28(37)16-35)27-10-22-5-4-21(9-23(22)11-27)20-3-1-2-19(8-20)15-33/h1-5,8-9,12-14,27-28,37H,6-7,10-11,16-18H2,(H,34,38)/t27?,28-/m0/s1. The number of likely N-dealkylation sites (tertiary alicyclic amines) is 1. The number of aliphatic hydroxyl groups excluding tert-OH is 1. The zero-order chi connectivity index (χ0) is 27.5. The summed E-state index contributed by atoms with van der Waals surface area (Å²) >= 11 is 12.2. The summed E-state index contributed by atoms with van der Waals surface area (Å²) in [5, 5.41) is 22.8. The van der Waals surface area contributed by atoms with Crippen molar-refractivity contribution in [1.82, 2.24) is 9.80 Å². The van der Waals surface area contributed by atoms with Gasteiger partial charge in [-0.25, -0.2) is 0 Å². The molecule has 2 atom stereocenters. The van der Waals surface area contributed by atoms with E-state index in [1.165, 1.54) is 0 Å². The third kappa shape index (κ3) is 6.60. The molecule has 0 aromatic heterocycles. The minimum absolute atomic E-state index is 0.116. The van der Waals surface area contributed by atoms with Crippen LogP contribution in [0.3, 0.4) is 0 Å². The Hall–Kier alpha value is -3.41. The van der Waals surface area contributed by atoms with Crippen molar-refractivity contribution in [3.63, 3.8) is 0 Å². The van der Waals surface area contributed by atoms with E-state index in [0.717, 1.165) is 22.3 Å². The predicted octanol–water partition coefficient (Wildman–Crippen LogP) is 4.53. The predicted molar refractivity (Wildman–Crippen MR) is 152 cm³/mol. The van der Waals surface area contributed by atoms with E-state index in [-0.39, 0.29) is 30.9 Å². The summed E-state index contributed by atoms with van der Waals surface area (Å²) in [5.41, 5.74) is 5.28. The molecule has 1 heterocycles. The smallest absolute Gasteiger partial charge is 0.244 e. The van der Waals surface area contributed by atoms with Gasteiger partial charge >= 0.3 is 0 Å². The fraction of sp³-hybridized carbons (Fsp3) is 0.300. The topological polar surface area (TPSA) is 96.7 Å². The normalized spacial score (nSPS) is 18.4. The molecule has 9 heteroatoms. The lowest BCUT2D eigenvalue weighted by molar-refractivity contribution is -0.137. The lowest BCUT2D eigenvalue weighted by atomic mass is 9.99. The summed E-state index contributed by atoms with van der Waals surface area (Å²) in [6.07, 6.45) is 1.45. The fourth-order valence-corrected chi connectivity index (χ4v) is 5.93. The highest BCUT2D eigenvalue weighted by molar-refractivity contribution is 6.35. The number of carbonyl (C=O) groups excluding carboxylic acids is 2. The molecule has 1 aliphatic carbocycles. The lowest BCUT2D eigenvalue weighted by Gasteiger charge is -2.30. The molecule has 7 nitrogen and oxygen atoms in total. The number of carbonyl (C=O) groups is 2. The molecule has 0 saturated carbocycles. The lowest BCUT2D eigenvalue weighted by Crippen LogP contribution is -2.49. The van der Waals surface area contributed by atoms with E-state index in [4.69, 9.17) is 23.2 Å². The largest absolute Gasteiger partial charge is 0.392 e. The fourth-order valence-electron chi connectivity index (χ4n) is 5.40. The quantitative estimate of drug-likeness (QED) is 0.441. The number of halogens is 2. The first-order valence-electron chi connectivity index (χ1n) is 12.9. The van der Waals surface area contributed by atoms with Crippen molar-refractivity contribution in [3.05, 3.63) is 87.4 Å². The van der Waals surface area contributed by atoms with Crippen LogP contribution >= 0.6 is 23.2 Å². The van der Waals surface area contributed by atoms with Crippen LogP contribution < -0.4 is 5.32 Å². The van der Waals surface area contributed by atoms with Crippen LogP contribution in [0.1, 0.15) is 23.1 Å². The molecule has 2 amide bonds. The molecule has 0 bridgehead atoms. The molecule has 1 saturated heterocycles. The number of hydrogen-bond donors (Lipinski definition) is 2. The van der Waals surface area contributed by atoms with E-state index in [9.17, 15) is 20.0 Å². The molecule has 3 aromatic carbocycles. The average molecular weight is 563 g/mol. The van der Waals surface area contributed by atoms with E-state index in [2.05, 4.69) is 23.5 Å². The molecule has 0 radical (unpaired) electrons. The molecule has 2 N–H and O–H groups in total. The molecule has 5 rings (SSSR count). The Bertz CT molecular complexity index is 1430. The van der Waals surface area contributed by atoms with Gasteiger partial charge in [-0.1, -0.05) is 53.5 Å². The van der Waals surface area contributed by atoms with Crippen LogP contribution in [0.25, 0.3) is 11.1 Å². The number of amides is 2. The van der Waals surface area contributed by atoms with Crippen molar-refractivity contribution in [2.24, 2.45) is 0 Å². The summed E-state index contributed by atoms with van der Waals surface area (Å²) < 4.78 is 0. The van der Waals surface area contributed by atoms with Gasteiger partial charge in [0.25, 0.3) is 0 Å². The van der Waals surface area contributed by atoms with Gasteiger partial charge in [-0.05, 0) is 71.8 Å². The Kier molecular flexibility index (Phi) is 8.20. The van der Waals surface area contributed by atoms with Crippen molar-refractivity contribution in [2.75, 3.05) is 31.5 Å². The molecule has 2 aliphatic rings. The van der Waals surface area contributed by atoms with Crippen molar-refractivity contribution in [3.8, 4) is 17.2 Å². The number of fused-ring (bicyclic) bond motifs is 1. The zero-order valence-electron chi connectivity index (χ0n) is 21.2. The Balaban J connectivity index is 1.35.